The Labute approximate surface area is 173 Å². The van der Waals surface area contributed by atoms with Gasteiger partial charge in [0.2, 0.25) is 0 Å². The van der Waals surface area contributed by atoms with E-state index in [1.54, 1.807) is 62.4 Å². The van der Waals surface area contributed by atoms with Crippen LogP contribution in [-0.4, -0.2) is 33.4 Å². The molecule has 27 heavy (non-hydrogen) atoms. The molecule has 0 spiro atoms. The highest BCUT2D eigenvalue weighted by molar-refractivity contribution is 6.31. The van der Waals surface area contributed by atoms with Crippen LogP contribution < -0.4 is 4.74 Å². The van der Waals surface area contributed by atoms with E-state index in [-0.39, 0.29) is 12.2 Å². The number of halogens is 3. The van der Waals surface area contributed by atoms with Crippen molar-refractivity contribution in [3.63, 3.8) is 0 Å². The number of ether oxygens (including phenoxy) is 1. The number of ketones is 1. The first-order valence-corrected chi connectivity index (χ1v) is 9.10. The molecule has 2 aromatic rings. The minimum absolute atomic E-state index is 0.0286. The van der Waals surface area contributed by atoms with Gasteiger partial charge in [-0.05, 0) is 50.2 Å². The Hall–Kier alpha value is -1.79. The second kappa shape index (κ2) is 8.93. The Kier molecular flexibility index (Phi) is 7.12. The second-order valence-electron chi connectivity index (χ2n) is 6.48. The van der Waals surface area contributed by atoms with Crippen molar-refractivity contribution in [3.05, 3.63) is 64.7 Å². The number of carbonyl (C=O) groups excluding carboxylic acids is 2. The summed E-state index contributed by atoms with van der Waals surface area (Å²) in [4.78, 5) is 25.1. The summed E-state index contributed by atoms with van der Waals surface area (Å²) in [6.07, 6.45) is 0.0286. The largest absolute Gasteiger partial charge is 0.497 e. The predicted octanol–water partition coefficient (Wildman–Crippen LogP) is 5.37. The van der Waals surface area contributed by atoms with Crippen LogP contribution in [0.1, 0.15) is 41.0 Å². The molecule has 2 rings (SSSR count). The summed E-state index contributed by atoms with van der Waals surface area (Å²) in [5.41, 5.74) is -0.140. The van der Waals surface area contributed by atoms with Crippen LogP contribution in [0.2, 0.25) is 5.02 Å². The average molecular weight is 430 g/mol. The molecule has 0 heterocycles. The standard InChI is InChI=1S/C19H19Cl3N2O3/c1-19(2,12-17(25)14-5-4-6-16(11-14)27-3)24(22)23(21)18(26)13-7-9-15(20)10-8-13/h4-11H,12H2,1-3H3. The predicted molar refractivity (Wildman–Crippen MR) is 107 cm³/mol. The smallest absolute Gasteiger partial charge is 0.284 e. The molecule has 144 valence electrons. The zero-order chi connectivity index (χ0) is 20.2. The van der Waals surface area contributed by atoms with E-state index in [1.165, 1.54) is 7.11 Å². The first kappa shape index (κ1) is 21.5. The monoisotopic (exact) mass is 428 g/mol. The molecular weight excluding hydrogens is 411 g/mol. The van der Waals surface area contributed by atoms with Crippen molar-refractivity contribution in [1.82, 2.24) is 9.06 Å². The number of hydrogen-bond acceptors (Lipinski definition) is 4. The van der Waals surface area contributed by atoms with Gasteiger partial charge in [-0.1, -0.05) is 23.7 Å². The highest BCUT2D eigenvalue weighted by atomic mass is 35.5. The lowest BCUT2D eigenvalue weighted by molar-refractivity contribution is 0.0374. The molecule has 1 amide bonds. The second-order valence-corrected chi connectivity index (χ2v) is 7.55. The molecule has 0 atom stereocenters. The zero-order valence-electron chi connectivity index (χ0n) is 15.1. The molecular formula is C19H19Cl3N2O3. The Morgan fingerprint density at radius 3 is 2.26 bits per heavy atom. The summed E-state index contributed by atoms with van der Waals surface area (Å²) < 4.78 is 6.91. The third-order valence-electron chi connectivity index (χ3n) is 3.90. The van der Waals surface area contributed by atoms with Crippen LogP contribution in [0.15, 0.2) is 48.5 Å². The molecule has 0 aliphatic heterocycles. The fourth-order valence-corrected chi connectivity index (χ4v) is 2.93. The van der Waals surface area contributed by atoms with Crippen molar-refractivity contribution in [2.24, 2.45) is 0 Å². The molecule has 0 aliphatic rings. The average Bonchev–Trinajstić information content (AvgIpc) is 2.66. The maximum absolute atomic E-state index is 12.6. The van der Waals surface area contributed by atoms with Gasteiger partial charge in [-0.15, -0.1) is 4.53 Å². The molecule has 0 aromatic heterocycles. The van der Waals surface area contributed by atoms with Crippen LogP contribution in [-0.2, 0) is 0 Å². The Morgan fingerprint density at radius 2 is 1.67 bits per heavy atom. The van der Waals surface area contributed by atoms with Gasteiger partial charge in [-0.2, -0.15) is 4.53 Å². The number of amides is 1. The first-order valence-electron chi connectivity index (χ1n) is 8.04. The molecule has 0 unspecified atom stereocenters. The lowest BCUT2D eigenvalue weighted by atomic mass is 9.95. The maximum Gasteiger partial charge on any atom is 0.284 e. The third-order valence-corrected chi connectivity index (χ3v) is 5.14. The molecule has 8 heteroatoms. The van der Waals surface area contributed by atoms with Gasteiger partial charge in [0, 0.05) is 46.1 Å². The molecule has 5 nitrogen and oxygen atoms in total. The van der Waals surface area contributed by atoms with Crippen LogP contribution in [0.3, 0.4) is 0 Å². The van der Waals surface area contributed by atoms with Gasteiger partial charge < -0.3 is 4.74 Å². The van der Waals surface area contributed by atoms with Crippen molar-refractivity contribution >= 4 is 46.8 Å². The third kappa shape index (κ3) is 5.36. The van der Waals surface area contributed by atoms with Crippen LogP contribution in [0.5, 0.6) is 5.75 Å². The maximum atomic E-state index is 12.6. The van der Waals surface area contributed by atoms with E-state index in [2.05, 4.69) is 0 Å². The van der Waals surface area contributed by atoms with Crippen LogP contribution >= 0.6 is 35.2 Å². The highest BCUT2D eigenvalue weighted by Gasteiger charge is 2.35. The van der Waals surface area contributed by atoms with Crippen LogP contribution in [0.4, 0.5) is 0 Å². The van der Waals surface area contributed by atoms with Crippen molar-refractivity contribution in [2.75, 3.05) is 7.11 Å². The number of nitrogens with zero attached hydrogens (tertiary/aromatic N) is 2. The number of methoxy groups -OCH3 is 1. The van der Waals surface area contributed by atoms with Crippen LogP contribution in [0.25, 0.3) is 0 Å². The van der Waals surface area contributed by atoms with E-state index in [4.69, 9.17) is 39.9 Å². The van der Waals surface area contributed by atoms with Gasteiger partial charge in [0.1, 0.15) is 5.75 Å². The van der Waals surface area contributed by atoms with E-state index >= 15 is 0 Å². The Balaban J connectivity index is 2.12. The topological polar surface area (TPSA) is 49.9 Å². The Morgan fingerprint density at radius 1 is 1.04 bits per heavy atom. The number of rotatable bonds is 7. The van der Waals surface area contributed by atoms with E-state index in [0.717, 1.165) is 9.06 Å². The van der Waals surface area contributed by atoms with Gasteiger partial charge in [-0.3, -0.25) is 9.59 Å². The van der Waals surface area contributed by atoms with Crippen molar-refractivity contribution in [3.8, 4) is 5.75 Å². The molecule has 0 saturated carbocycles. The number of hydrogen-bond donors (Lipinski definition) is 0. The first-order chi connectivity index (χ1) is 12.7. The minimum atomic E-state index is -0.939. The molecule has 2 aromatic carbocycles. The van der Waals surface area contributed by atoms with Crippen molar-refractivity contribution < 1.29 is 14.3 Å². The normalized spacial score (nSPS) is 11.4. The summed E-state index contributed by atoms with van der Waals surface area (Å²) in [5, 5.41) is 0.500. The number of carbonyl (C=O) groups is 2. The molecule has 0 fully saturated rings. The molecule has 0 N–H and O–H groups in total. The van der Waals surface area contributed by atoms with Crippen LogP contribution in [0, 0.1) is 0 Å². The molecule has 0 radical (unpaired) electrons. The molecule has 0 aliphatic carbocycles. The van der Waals surface area contributed by atoms with Gasteiger partial charge in [-0.25, -0.2) is 0 Å². The summed E-state index contributed by atoms with van der Waals surface area (Å²) in [5.74, 6) is -0.114. The summed E-state index contributed by atoms with van der Waals surface area (Å²) >= 11 is 18.3. The van der Waals surface area contributed by atoms with E-state index in [1.807, 2.05) is 0 Å². The number of Topliss-reactive ketones (excluding diaryl/α,β-unsaturated/α-hetero) is 1. The van der Waals surface area contributed by atoms with E-state index in [9.17, 15) is 9.59 Å². The summed E-state index contributed by atoms with van der Waals surface area (Å²) in [6, 6.07) is 13.1. The Bertz CT molecular complexity index is 825. The zero-order valence-corrected chi connectivity index (χ0v) is 17.3. The molecule has 0 saturated heterocycles. The number of hydrazine groups is 1. The summed E-state index contributed by atoms with van der Waals surface area (Å²) in [6.45, 7) is 3.42. The van der Waals surface area contributed by atoms with Gasteiger partial charge in [0.15, 0.2) is 5.78 Å². The van der Waals surface area contributed by atoms with E-state index in [0.29, 0.717) is 21.9 Å². The van der Waals surface area contributed by atoms with Gasteiger partial charge >= 0.3 is 0 Å². The number of benzene rings is 2. The lowest BCUT2D eigenvalue weighted by Crippen LogP contribution is -2.48. The van der Waals surface area contributed by atoms with Gasteiger partial charge in [0.25, 0.3) is 5.91 Å². The quantitative estimate of drug-likeness (QED) is 0.337. The minimum Gasteiger partial charge on any atom is -0.497 e. The highest BCUT2D eigenvalue weighted by Crippen LogP contribution is 2.28. The van der Waals surface area contributed by atoms with Crippen molar-refractivity contribution in [1.29, 1.82) is 0 Å². The summed E-state index contributed by atoms with van der Waals surface area (Å²) in [7, 11) is 1.53. The fourth-order valence-electron chi connectivity index (χ4n) is 2.37. The fraction of sp³-hybridized carbons (Fsp3) is 0.263. The van der Waals surface area contributed by atoms with E-state index < -0.39 is 11.4 Å². The van der Waals surface area contributed by atoms with Gasteiger partial charge in [0.05, 0.1) is 12.6 Å². The lowest BCUT2D eigenvalue weighted by Gasteiger charge is -2.35. The van der Waals surface area contributed by atoms with Crippen molar-refractivity contribution in [2.45, 2.75) is 25.8 Å². The molecule has 0 bridgehead atoms. The SMILES string of the molecule is COc1cccc(C(=O)CC(C)(C)N(Cl)N(Cl)C(=O)c2ccc(Cl)cc2)c1.